The van der Waals surface area contributed by atoms with Crippen molar-refractivity contribution < 1.29 is 4.79 Å². The third-order valence-electron chi connectivity index (χ3n) is 6.79. The highest BCUT2D eigenvalue weighted by molar-refractivity contribution is 7.98. The Balaban J connectivity index is 1.42. The Morgan fingerprint density at radius 1 is 1.00 bits per heavy atom. The van der Waals surface area contributed by atoms with Crippen LogP contribution >= 0.6 is 23.4 Å². The van der Waals surface area contributed by atoms with Crippen molar-refractivity contribution in [1.82, 2.24) is 14.8 Å². The second-order valence-electron chi connectivity index (χ2n) is 9.50. The molecule has 39 heavy (non-hydrogen) atoms. The summed E-state index contributed by atoms with van der Waals surface area (Å²) in [5.74, 6) is 1.05. The lowest BCUT2D eigenvalue weighted by Crippen LogP contribution is -2.31. The number of halogens is 1. The van der Waals surface area contributed by atoms with Crippen LogP contribution < -0.4 is 10.6 Å². The summed E-state index contributed by atoms with van der Waals surface area (Å²) in [4.78, 5) is 18.7. The van der Waals surface area contributed by atoms with Gasteiger partial charge in [0.2, 0.25) is 11.1 Å². The van der Waals surface area contributed by atoms with E-state index in [1.165, 1.54) is 11.8 Å². The van der Waals surface area contributed by atoms with Crippen molar-refractivity contribution in [1.29, 1.82) is 0 Å². The molecule has 6 nitrogen and oxygen atoms in total. The van der Waals surface area contributed by atoms with E-state index < -0.39 is 6.04 Å². The van der Waals surface area contributed by atoms with Gasteiger partial charge < -0.3 is 10.6 Å². The number of aromatic nitrogens is 3. The van der Waals surface area contributed by atoms with Gasteiger partial charge in [0.15, 0.2) is 0 Å². The fourth-order valence-electron chi connectivity index (χ4n) is 4.94. The fraction of sp³-hybridized carbons (Fsp3) is 0.129. The number of allylic oxidation sites excluding steroid dienone is 1. The lowest BCUT2D eigenvalue weighted by Gasteiger charge is -2.29. The van der Waals surface area contributed by atoms with Crippen molar-refractivity contribution in [3.63, 3.8) is 0 Å². The number of hydrogen-bond acceptors (Lipinski definition) is 5. The maximum Gasteiger partial charge on any atom is 0.255 e. The summed E-state index contributed by atoms with van der Waals surface area (Å²) in [6, 6.07) is 29.5. The average molecular weight is 552 g/mol. The Labute approximate surface area is 236 Å². The quantitative estimate of drug-likeness (QED) is 0.212. The first-order chi connectivity index (χ1) is 19.0. The summed E-state index contributed by atoms with van der Waals surface area (Å²) in [6.45, 7) is 3.92. The average Bonchev–Trinajstić information content (AvgIpc) is 3.34. The zero-order chi connectivity index (χ0) is 26.9. The van der Waals surface area contributed by atoms with Crippen LogP contribution in [0.25, 0.3) is 10.8 Å². The number of fused-ring (bicyclic) bond motifs is 2. The lowest BCUT2D eigenvalue weighted by atomic mass is 9.91. The van der Waals surface area contributed by atoms with Crippen molar-refractivity contribution in [2.45, 2.75) is 30.8 Å². The highest BCUT2D eigenvalue weighted by Gasteiger charge is 2.35. The summed E-state index contributed by atoms with van der Waals surface area (Å²) in [6.07, 6.45) is 0. The topological polar surface area (TPSA) is 71.8 Å². The molecule has 1 unspecified atom stereocenters. The number of thioether (sulfide) groups is 1. The summed E-state index contributed by atoms with van der Waals surface area (Å²) >= 11 is 7.89. The second-order valence-corrected chi connectivity index (χ2v) is 10.9. The normalized spacial score (nSPS) is 14.7. The molecule has 1 aliphatic heterocycles. The minimum atomic E-state index is -0.473. The maximum atomic E-state index is 13.9. The highest BCUT2D eigenvalue weighted by atomic mass is 35.5. The summed E-state index contributed by atoms with van der Waals surface area (Å²) in [5.41, 5.74) is 5.15. The van der Waals surface area contributed by atoms with Gasteiger partial charge in [0, 0.05) is 22.2 Å². The van der Waals surface area contributed by atoms with Gasteiger partial charge >= 0.3 is 0 Å². The van der Waals surface area contributed by atoms with Crippen LogP contribution in [0.2, 0.25) is 5.02 Å². The number of aryl methyl sites for hydroxylation is 1. The van der Waals surface area contributed by atoms with E-state index >= 15 is 0 Å². The van der Waals surface area contributed by atoms with E-state index in [1.54, 1.807) is 0 Å². The standard InChI is InChI=1S/C31H26ClN5OS/c1-19-9-7-13-23(17-19)34-29(38)27-20(2)33-30-35-31(39-18-22-11-4-6-16-26(22)32)36-37(30)28(27)25-15-8-12-21-10-3-5-14-24(21)25/h3-17,28H,18H2,1-2H3,(H,34,38)(H,33,35,36). The van der Waals surface area contributed by atoms with Gasteiger partial charge in [-0.1, -0.05) is 96.2 Å². The van der Waals surface area contributed by atoms with Crippen molar-refractivity contribution in [3.8, 4) is 0 Å². The first kappa shape index (κ1) is 25.2. The van der Waals surface area contributed by atoms with E-state index in [0.717, 1.165) is 38.8 Å². The van der Waals surface area contributed by atoms with Crippen LogP contribution in [0, 0.1) is 6.92 Å². The van der Waals surface area contributed by atoms with Crippen molar-refractivity contribution in [3.05, 3.63) is 124 Å². The van der Waals surface area contributed by atoms with Gasteiger partial charge in [-0.2, -0.15) is 4.98 Å². The van der Waals surface area contributed by atoms with E-state index in [-0.39, 0.29) is 5.91 Å². The molecule has 0 saturated carbocycles. The molecule has 2 heterocycles. The number of hydrogen-bond donors (Lipinski definition) is 2. The van der Waals surface area contributed by atoms with Crippen molar-refractivity contribution in [2.24, 2.45) is 0 Å². The van der Waals surface area contributed by atoms with E-state index in [4.69, 9.17) is 21.7 Å². The molecule has 1 atom stereocenters. The molecule has 0 radical (unpaired) electrons. The predicted molar refractivity (Wildman–Crippen MR) is 159 cm³/mol. The van der Waals surface area contributed by atoms with E-state index in [0.29, 0.717) is 27.5 Å². The molecule has 0 spiro atoms. The monoisotopic (exact) mass is 551 g/mol. The Kier molecular flexibility index (Phi) is 6.85. The summed E-state index contributed by atoms with van der Waals surface area (Å²) in [5, 5.41) is 14.8. The van der Waals surface area contributed by atoms with Crippen LogP contribution in [0.4, 0.5) is 11.6 Å². The second kappa shape index (κ2) is 10.6. The third-order valence-corrected chi connectivity index (χ3v) is 8.04. The molecule has 194 valence electrons. The van der Waals surface area contributed by atoms with Crippen LogP contribution in [-0.4, -0.2) is 20.7 Å². The first-order valence-corrected chi connectivity index (χ1v) is 14.0. The van der Waals surface area contributed by atoms with E-state index in [2.05, 4.69) is 34.9 Å². The number of benzene rings is 4. The van der Waals surface area contributed by atoms with E-state index in [1.807, 2.05) is 85.3 Å². The molecule has 4 aromatic carbocycles. The lowest BCUT2D eigenvalue weighted by molar-refractivity contribution is -0.113. The molecule has 0 bridgehead atoms. The molecule has 1 amide bonds. The number of carbonyl (C=O) groups excluding carboxylic acids is 1. The van der Waals surface area contributed by atoms with Gasteiger partial charge in [0.05, 0.1) is 5.57 Å². The zero-order valence-electron chi connectivity index (χ0n) is 21.5. The molecule has 2 N–H and O–H groups in total. The van der Waals surface area contributed by atoms with E-state index in [9.17, 15) is 4.79 Å². The van der Waals surface area contributed by atoms with Crippen LogP contribution in [0.3, 0.4) is 0 Å². The SMILES string of the molecule is CC1=C(C(=O)Nc2cccc(C)c2)C(c2cccc3ccccc23)n2nc(SCc3ccccc3Cl)nc2N1. The van der Waals surface area contributed by atoms with Crippen LogP contribution in [0.5, 0.6) is 0 Å². The van der Waals surface area contributed by atoms with Gasteiger partial charge in [0.1, 0.15) is 6.04 Å². The molecule has 0 aliphatic carbocycles. The van der Waals surface area contributed by atoms with Gasteiger partial charge in [-0.25, -0.2) is 4.68 Å². The Morgan fingerprint density at radius 2 is 1.77 bits per heavy atom. The van der Waals surface area contributed by atoms with Gasteiger partial charge in [-0.15, -0.1) is 5.10 Å². The number of carbonyl (C=O) groups is 1. The smallest absolute Gasteiger partial charge is 0.255 e. The Morgan fingerprint density at radius 3 is 2.62 bits per heavy atom. The Bertz CT molecular complexity index is 1740. The molecular formula is C31H26ClN5OS. The highest BCUT2D eigenvalue weighted by Crippen LogP contribution is 2.39. The summed E-state index contributed by atoms with van der Waals surface area (Å²) < 4.78 is 1.83. The Hall–Kier alpha value is -4.07. The van der Waals surface area contributed by atoms with Gasteiger partial charge in [-0.3, -0.25) is 4.79 Å². The number of anilines is 2. The van der Waals surface area contributed by atoms with Crippen molar-refractivity contribution >= 4 is 51.7 Å². The van der Waals surface area contributed by atoms with Gasteiger partial charge in [-0.05, 0) is 59.5 Å². The summed E-state index contributed by atoms with van der Waals surface area (Å²) in [7, 11) is 0. The number of nitrogens with zero attached hydrogens (tertiary/aromatic N) is 3. The molecule has 8 heteroatoms. The van der Waals surface area contributed by atoms with Crippen LogP contribution in [0.1, 0.15) is 29.7 Å². The molecule has 1 aromatic heterocycles. The first-order valence-electron chi connectivity index (χ1n) is 12.6. The van der Waals surface area contributed by atoms with Crippen molar-refractivity contribution in [2.75, 3.05) is 10.6 Å². The molecule has 0 saturated heterocycles. The predicted octanol–water partition coefficient (Wildman–Crippen LogP) is 7.61. The number of nitrogens with one attached hydrogen (secondary N) is 2. The fourth-order valence-corrected chi connectivity index (χ4v) is 6.06. The van der Waals surface area contributed by atoms with Crippen LogP contribution in [-0.2, 0) is 10.5 Å². The maximum absolute atomic E-state index is 13.9. The third kappa shape index (κ3) is 5.03. The zero-order valence-corrected chi connectivity index (χ0v) is 23.1. The minimum Gasteiger partial charge on any atom is -0.328 e. The molecule has 0 fully saturated rings. The molecular weight excluding hydrogens is 526 g/mol. The van der Waals surface area contributed by atoms with Crippen LogP contribution in [0.15, 0.2) is 107 Å². The molecule has 5 aromatic rings. The minimum absolute atomic E-state index is 0.185. The molecule has 1 aliphatic rings. The largest absolute Gasteiger partial charge is 0.328 e. The van der Waals surface area contributed by atoms with Gasteiger partial charge in [0.25, 0.3) is 5.91 Å². The molecule has 6 rings (SSSR count). The number of rotatable bonds is 6. The number of amides is 1.